The number of nitro groups is 1. The number of hydrogen-bond acceptors (Lipinski definition) is 7. The third-order valence-electron chi connectivity index (χ3n) is 3.63. The fourth-order valence-electron chi connectivity index (χ4n) is 2.36. The molecule has 0 radical (unpaired) electrons. The van der Waals surface area contributed by atoms with E-state index in [0.29, 0.717) is 19.0 Å². The van der Waals surface area contributed by atoms with Crippen molar-refractivity contribution in [1.29, 1.82) is 0 Å². The molecule has 2 aliphatic rings. The minimum absolute atomic E-state index is 0.0375. The van der Waals surface area contributed by atoms with E-state index in [9.17, 15) is 10.1 Å². The third-order valence-corrected chi connectivity index (χ3v) is 3.63. The lowest BCUT2D eigenvalue weighted by Crippen LogP contribution is -2.14. The van der Waals surface area contributed by atoms with Crippen molar-refractivity contribution in [1.82, 2.24) is 9.97 Å². The number of rotatable bonds is 7. The van der Waals surface area contributed by atoms with E-state index in [1.807, 2.05) is 6.92 Å². The molecule has 0 aromatic carbocycles. The van der Waals surface area contributed by atoms with Crippen LogP contribution in [0.5, 0.6) is 5.88 Å². The van der Waals surface area contributed by atoms with Gasteiger partial charge in [0.05, 0.1) is 11.5 Å². The summed E-state index contributed by atoms with van der Waals surface area (Å²) in [6.07, 6.45) is 4.32. The van der Waals surface area contributed by atoms with E-state index in [4.69, 9.17) is 9.47 Å². The Balaban J connectivity index is 1.98. The molecule has 2 heterocycles. The van der Waals surface area contributed by atoms with Crippen LogP contribution in [0.15, 0.2) is 0 Å². The van der Waals surface area contributed by atoms with Gasteiger partial charge in [0.2, 0.25) is 5.82 Å². The van der Waals surface area contributed by atoms with Crippen molar-refractivity contribution in [2.24, 2.45) is 0 Å². The molecule has 1 aromatic heterocycles. The van der Waals surface area contributed by atoms with Gasteiger partial charge >= 0.3 is 5.69 Å². The lowest BCUT2D eigenvalue weighted by atomic mass is 10.2. The van der Waals surface area contributed by atoms with Crippen molar-refractivity contribution in [3.05, 3.63) is 15.9 Å². The number of ether oxygens (including phenoxy) is 2. The van der Waals surface area contributed by atoms with Gasteiger partial charge in [-0.1, -0.05) is 6.92 Å². The fourth-order valence-corrected chi connectivity index (χ4v) is 2.36. The maximum absolute atomic E-state index is 11.4. The molecule has 120 valence electrons. The summed E-state index contributed by atoms with van der Waals surface area (Å²) < 4.78 is 11.1. The van der Waals surface area contributed by atoms with Gasteiger partial charge in [0.25, 0.3) is 5.88 Å². The largest absolute Gasteiger partial charge is 0.473 e. The first-order chi connectivity index (χ1) is 10.7. The smallest absolute Gasteiger partial charge is 0.372 e. The second-order valence-electron chi connectivity index (χ2n) is 5.61. The lowest BCUT2D eigenvalue weighted by Gasteiger charge is -2.14. The molecule has 8 nitrogen and oxygen atoms in total. The predicted molar refractivity (Wildman–Crippen MR) is 79.0 cm³/mol. The Kier molecular flexibility index (Phi) is 4.37. The molecule has 0 bridgehead atoms. The van der Waals surface area contributed by atoms with Crippen molar-refractivity contribution in [2.45, 2.75) is 51.2 Å². The van der Waals surface area contributed by atoms with Gasteiger partial charge in [0.1, 0.15) is 6.10 Å². The third kappa shape index (κ3) is 3.27. The molecular formula is C14H20N4O4. The van der Waals surface area contributed by atoms with Crippen LogP contribution in [0.3, 0.4) is 0 Å². The Morgan fingerprint density at radius 2 is 2.23 bits per heavy atom. The van der Waals surface area contributed by atoms with Crippen molar-refractivity contribution in [3.63, 3.8) is 0 Å². The Morgan fingerprint density at radius 3 is 2.82 bits per heavy atom. The maximum Gasteiger partial charge on any atom is 0.372 e. The van der Waals surface area contributed by atoms with Gasteiger partial charge in [-0.3, -0.25) is 10.1 Å². The highest BCUT2D eigenvalue weighted by atomic mass is 16.6. The van der Waals surface area contributed by atoms with Crippen molar-refractivity contribution >= 4 is 11.5 Å². The molecule has 8 heteroatoms. The summed E-state index contributed by atoms with van der Waals surface area (Å²) in [7, 11) is 0. The van der Waals surface area contributed by atoms with E-state index < -0.39 is 4.92 Å². The SMILES string of the molecule is CCCOc1nc(C2CCCO2)nc(NC2CC2)c1[N+](=O)[O-]. The Bertz CT molecular complexity index is 556. The highest BCUT2D eigenvalue weighted by Gasteiger charge is 2.33. The molecule has 1 N–H and O–H groups in total. The maximum atomic E-state index is 11.4. The molecular weight excluding hydrogens is 288 g/mol. The quantitative estimate of drug-likeness (QED) is 0.610. The van der Waals surface area contributed by atoms with Gasteiger partial charge in [-0.15, -0.1) is 0 Å². The first-order valence-electron chi connectivity index (χ1n) is 7.76. The first kappa shape index (κ1) is 15.0. The van der Waals surface area contributed by atoms with Crippen molar-refractivity contribution in [3.8, 4) is 5.88 Å². The van der Waals surface area contributed by atoms with Crippen molar-refractivity contribution in [2.75, 3.05) is 18.5 Å². The summed E-state index contributed by atoms with van der Waals surface area (Å²) in [5.41, 5.74) is -0.179. The van der Waals surface area contributed by atoms with E-state index in [-0.39, 0.29) is 29.5 Å². The average molecular weight is 308 g/mol. The Labute approximate surface area is 128 Å². The van der Waals surface area contributed by atoms with E-state index >= 15 is 0 Å². The molecule has 22 heavy (non-hydrogen) atoms. The van der Waals surface area contributed by atoms with E-state index in [0.717, 1.165) is 32.1 Å². The molecule has 1 aromatic rings. The fraction of sp³-hybridized carbons (Fsp3) is 0.714. The number of nitrogens with one attached hydrogen (secondary N) is 1. The molecule has 1 aliphatic heterocycles. The first-order valence-corrected chi connectivity index (χ1v) is 7.76. The van der Waals surface area contributed by atoms with E-state index in [1.54, 1.807) is 0 Å². The van der Waals surface area contributed by atoms with Gasteiger partial charge in [-0.05, 0) is 32.1 Å². The summed E-state index contributed by atoms with van der Waals surface area (Å²) in [4.78, 5) is 19.6. The molecule has 3 rings (SSSR count). The number of hydrogen-bond donors (Lipinski definition) is 1. The van der Waals surface area contributed by atoms with E-state index in [1.165, 1.54) is 0 Å². The van der Waals surface area contributed by atoms with Crippen LogP contribution in [0.25, 0.3) is 0 Å². The second kappa shape index (κ2) is 6.43. The van der Waals surface area contributed by atoms with Crippen molar-refractivity contribution < 1.29 is 14.4 Å². The van der Waals surface area contributed by atoms with Crippen LogP contribution in [0.1, 0.15) is 51.0 Å². The Hall–Kier alpha value is -1.96. The summed E-state index contributed by atoms with van der Waals surface area (Å²) in [6, 6.07) is 0.255. The van der Waals surface area contributed by atoms with Crippen LogP contribution in [0, 0.1) is 10.1 Å². The molecule has 1 aliphatic carbocycles. The zero-order valence-electron chi connectivity index (χ0n) is 12.6. The average Bonchev–Trinajstić information content (AvgIpc) is 3.14. The van der Waals surface area contributed by atoms with Crippen LogP contribution in [0.4, 0.5) is 11.5 Å². The molecule has 2 fully saturated rings. The Morgan fingerprint density at radius 1 is 1.41 bits per heavy atom. The van der Waals surface area contributed by atoms with Gasteiger partial charge in [0, 0.05) is 12.6 Å². The monoisotopic (exact) mass is 308 g/mol. The molecule has 1 unspecified atom stereocenters. The van der Waals surface area contributed by atoms with Gasteiger partial charge in [0.15, 0.2) is 5.82 Å². The predicted octanol–water partition coefficient (Wildman–Crippen LogP) is 2.60. The summed E-state index contributed by atoms with van der Waals surface area (Å²) >= 11 is 0. The molecule has 0 spiro atoms. The lowest BCUT2D eigenvalue weighted by molar-refractivity contribution is -0.385. The highest BCUT2D eigenvalue weighted by molar-refractivity contribution is 5.62. The summed E-state index contributed by atoms with van der Waals surface area (Å²) in [5.74, 6) is 0.756. The van der Waals surface area contributed by atoms with Gasteiger partial charge in [-0.2, -0.15) is 4.98 Å². The number of nitrogens with zero attached hydrogens (tertiary/aromatic N) is 3. The van der Waals surface area contributed by atoms with Crippen LogP contribution < -0.4 is 10.1 Å². The minimum Gasteiger partial charge on any atom is -0.473 e. The van der Waals surface area contributed by atoms with Crippen LogP contribution in [0.2, 0.25) is 0 Å². The molecule has 0 amide bonds. The molecule has 1 saturated heterocycles. The minimum atomic E-state index is -0.477. The number of aromatic nitrogens is 2. The summed E-state index contributed by atoms with van der Waals surface area (Å²) in [5, 5.41) is 14.5. The zero-order valence-corrected chi connectivity index (χ0v) is 12.6. The van der Waals surface area contributed by atoms with Crippen LogP contribution in [-0.2, 0) is 4.74 Å². The van der Waals surface area contributed by atoms with Crippen LogP contribution >= 0.6 is 0 Å². The van der Waals surface area contributed by atoms with Crippen LogP contribution in [-0.4, -0.2) is 34.1 Å². The number of anilines is 1. The normalized spacial score (nSPS) is 20.9. The molecule has 1 atom stereocenters. The highest BCUT2D eigenvalue weighted by Crippen LogP contribution is 2.38. The van der Waals surface area contributed by atoms with Gasteiger partial charge < -0.3 is 14.8 Å². The zero-order chi connectivity index (χ0) is 15.5. The summed E-state index contributed by atoms with van der Waals surface area (Å²) in [6.45, 7) is 2.99. The topological polar surface area (TPSA) is 99.4 Å². The standard InChI is InChI=1S/C14H20N4O4/c1-2-7-22-14-11(18(19)20)13(15-9-5-6-9)16-12(17-14)10-4-3-8-21-10/h9-10H,2-8H2,1H3,(H,15,16,17). The second-order valence-corrected chi connectivity index (χ2v) is 5.61. The van der Waals surface area contributed by atoms with E-state index in [2.05, 4.69) is 15.3 Å². The van der Waals surface area contributed by atoms with Gasteiger partial charge in [-0.25, -0.2) is 4.98 Å². The molecule has 1 saturated carbocycles.